The van der Waals surface area contributed by atoms with Crippen molar-refractivity contribution in [2.75, 3.05) is 5.32 Å². The molecular weight excluding hydrogens is 264 g/mol. The van der Waals surface area contributed by atoms with Crippen LogP contribution in [-0.4, -0.2) is 15.0 Å². The maximum atomic E-state index is 5.68. The summed E-state index contributed by atoms with van der Waals surface area (Å²) in [6.07, 6.45) is 5.91. The number of hydrogen-bond donors (Lipinski definition) is 2. The maximum Gasteiger partial charge on any atom is 0.187 e. The maximum absolute atomic E-state index is 5.68. The van der Waals surface area contributed by atoms with Gasteiger partial charge in [-0.25, -0.2) is 4.98 Å². The van der Waals surface area contributed by atoms with E-state index in [4.69, 9.17) is 18.0 Å². The van der Waals surface area contributed by atoms with Crippen molar-refractivity contribution < 1.29 is 0 Å². The molecule has 0 amide bonds. The molecule has 3 N–H and O–H groups in total. The molecule has 0 aromatic carbocycles. The predicted octanol–water partition coefficient (Wildman–Crippen LogP) is 2.79. The van der Waals surface area contributed by atoms with Crippen molar-refractivity contribution in [3.63, 3.8) is 0 Å². The van der Waals surface area contributed by atoms with Gasteiger partial charge in [0.15, 0.2) is 5.13 Å². The lowest BCUT2D eigenvalue weighted by atomic mass is 10.2. The van der Waals surface area contributed by atoms with E-state index < -0.39 is 0 Å². The lowest BCUT2D eigenvalue weighted by molar-refractivity contribution is 1.05. The first-order valence-corrected chi connectivity index (χ1v) is 6.99. The summed E-state index contributed by atoms with van der Waals surface area (Å²) in [5.41, 5.74) is 8.46. The third-order valence-corrected chi connectivity index (χ3v) is 3.84. The topological polar surface area (TPSA) is 63.8 Å². The third-order valence-electron chi connectivity index (χ3n) is 2.85. The molecule has 18 heavy (non-hydrogen) atoms. The molecule has 0 radical (unpaired) electrons. The first-order valence-electron chi connectivity index (χ1n) is 5.70. The third kappa shape index (κ3) is 2.34. The second-order valence-corrected chi connectivity index (χ2v) is 5.56. The fourth-order valence-corrected chi connectivity index (χ4v) is 2.72. The Hall–Kier alpha value is -1.53. The van der Waals surface area contributed by atoms with Crippen molar-refractivity contribution in [1.82, 2.24) is 9.97 Å². The zero-order valence-electron chi connectivity index (χ0n) is 9.59. The second kappa shape index (κ2) is 4.62. The molecule has 1 aliphatic carbocycles. The number of anilines is 2. The number of nitrogens with two attached hydrogens (primary N) is 1. The molecule has 3 rings (SSSR count). The molecule has 1 saturated carbocycles. The fraction of sp³-hybridized carbons (Fsp3) is 0.250. The normalized spacial score (nSPS) is 14.4. The summed E-state index contributed by atoms with van der Waals surface area (Å²) < 4.78 is 0. The van der Waals surface area contributed by atoms with Gasteiger partial charge in [0, 0.05) is 23.1 Å². The summed E-state index contributed by atoms with van der Waals surface area (Å²) in [6, 6.07) is 1.81. The van der Waals surface area contributed by atoms with Gasteiger partial charge in [0.05, 0.1) is 17.6 Å². The summed E-state index contributed by atoms with van der Waals surface area (Å²) in [4.78, 5) is 9.00. The minimum absolute atomic E-state index is 0.360. The van der Waals surface area contributed by atoms with E-state index in [1.54, 1.807) is 29.8 Å². The SMILES string of the molecule is NC(=S)c1ccncc1Nc1nc(C2CC2)cs1. The van der Waals surface area contributed by atoms with E-state index in [1.807, 2.05) is 0 Å². The van der Waals surface area contributed by atoms with Crippen LogP contribution in [0.3, 0.4) is 0 Å². The van der Waals surface area contributed by atoms with Gasteiger partial charge in [0.2, 0.25) is 0 Å². The molecule has 2 aromatic rings. The van der Waals surface area contributed by atoms with Crippen LogP contribution in [0.1, 0.15) is 30.0 Å². The smallest absolute Gasteiger partial charge is 0.187 e. The van der Waals surface area contributed by atoms with Crippen LogP contribution < -0.4 is 11.1 Å². The minimum Gasteiger partial charge on any atom is -0.389 e. The van der Waals surface area contributed by atoms with Crippen LogP contribution in [0.25, 0.3) is 0 Å². The van der Waals surface area contributed by atoms with E-state index in [2.05, 4.69) is 20.7 Å². The number of thiocarbonyl (C=S) groups is 1. The van der Waals surface area contributed by atoms with Gasteiger partial charge in [-0.3, -0.25) is 4.98 Å². The molecule has 1 fully saturated rings. The molecule has 2 aromatic heterocycles. The highest BCUT2D eigenvalue weighted by Crippen LogP contribution is 2.41. The zero-order chi connectivity index (χ0) is 12.5. The first-order chi connectivity index (χ1) is 8.74. The second-order valence-electron chi connectivity index (χ2n) is 4.26. The Kier molecular flexibility index (Phi) is 2.97. The molecule has 0 aliphatic heterocycles. The number of rotatable bonds is 4. The Labute approximate surface area is 114 Å². The average molecular weight is 276 g/mol. The summed E-state index contributed by atoms with van der Waals surface area (Å²) >= 11 is 6.61. The van der Waals surface area contributed by atoms with E-state index in [0.717, 1.165) is 16.4 Å². The number of pyridine rings is 1. The van der Waals surface area contributed by atoms with Crippen LogP contribution in [0.5, 0.6) is 0 Å². The van der Waals surface area contributed by atoms with Crippen LogP contribution in [0.2, 0.25) is 0 Å². The van der Waals surface area contributed by atoms with E-state index in [-0.39, 0.29) is 0 Å². The van der Waals surface area contributed by atoms with Crippen LogP contribution in [-0.2, 0) is 0 Å². The van der Waals surface area contributed by atoms with Gasteiger partial charge < -0.3 is 11.1 Å². The molecular formula is C12H12N4S2. The summed E-state index contributed by atoms with van der Waals surface area (Å²) in [6.45, 7) is 0. The Morgan fingerprint density at radius 1 is 1.50 bits per heavy atom. The molecule has 0 spiro atoms. The molecule has 4 nitrogen and oxygen atoms in total. The Bertz CT molecular complexity index is 589. The van der Waals surface area contributed by atoms with Crippen LogP contribution in [0, 0.1) is 0 Å². The van der Waals surface area contributed by atoms with Gasteiger partial charge >= 0.3 is 0 Å². The Morgan fingerprint density at radius 3 is 3.06 bits per heavy atom. The summed E-state index contributed by atoms with van der Waals surface area (Å²) in [5, 5.41) is 6.21. The van der Waals surface area contributed by atoms with Crippen molar-refractivity contribution in [1.29, 1.82) is 0 Å². The van der Waals surface area contributed by atoms with Crippen LogP contribution in [0.15, 0.2) is 23.8 Å². The first kappa shape index (κ1) is 11.6. The van der Waals surface area contributed by atoms with Crippen molar-refractivity contribution >= 4 is 39.4 Å². The van der Waals surface area contributed by atoms with Gasteiger partial charge in [0.25, 0.3) is 0 Å². The standard InChI is InChI=1S/C12H12N4S2/c13-11(17)8-3-4-14-5-9(8)15-12-16-10(6-18-12)7-1-2-7/h3-7H,1-2H2,(H2,13,17)(H,15,16). The number of hydrogen-bond acceptors (Lipinski definition) is 5. The molecule has 1 aliphatic rings. The van der Waals surface area contributed by atoms with Gasteiger partial charge in [-0.1, -0.05) is 12.2 Å². The van der Waals surface area contributed by atoms with E-state index in [0.29, 0.717) is 10.9 Å². The molecule has 0 bridgehead atoms. The summed E-state index contributed by atoms with van der Waals surface area (Å²) in [5.74, 6) is 0.667. The molecule has 2 heterocycles. The van der Waals surface area contributed by atoms with E-state index in [1.165, 1.54) is 18.5 Å². The van der Waals surface area contributed by atoms with Crippen molar-refractivity contribution in [3.05, 3.63) is 35.1 Å². The average Bonchev–Trinajstić information content (AvgIpc) is 3.11. The fourth-order valence-electron chi connectivity index (χ4n) is 1.73. The summed E-state index contributed by atoms with van der Waals surface area (Å²) in [7, 11) is 0. The lowest BCUT2D eigenvalue weighted by Crippen LogP contribution is -2.12. The highest BCUT2D eigenvalue weighted by molar-refractivity contribution is 7.80. The lowest BCUT2D eigenvalue weighted by Gasteiger charge is -2.07. The largest absolute Gasteiger partial charge is 0.389 e. The van der Waals surface area contributed by atoms with Crippen molar-refractivity contribution in [2.45, 2.75) is 18.8 Å². The molecule has 6 heteroatoms. The monoisotopic (exact) mass is 276 g/mol. The van der Waals surface area contributed by atoms with Gasteiger partial charge in [0.1, 0.15) is 4.99 Å². The number of thiazole rings is 1. The van der Waals surface area contributed by atoms with Crippen LogP contribution in [0.4, 0.5) is 10.8 Å². The predicted molar refractivity (Wildman–Crippen MR) is 77.5 cm³/mol. The molecule has 0 saturated heterocycles. The molecule has 92 valence electrons. The Morgan fingerprint density at radius 2 is 2.33 bits per heavy atom. The van der Waals surface area contributed by atoms with E-state index >= 15 is 0 Å². The number of nitrogens with zero attached hydrogens (tertiary/aromatic N) is 2. The van der Waals surface area contributed by atoms with Gasteiger partial charge in [-0.05, 0) is 18.9 Å². The number of nitrogens with one attached hydrogen (secondary N) is 1. The van der Waals surface area contributed by atoms with Gasteiger partial charge in [-0.2, -0.15) is 0 Å². The quantitative estimate of drug-likeness (QED) is 0.841. The van der Waals surface area contributed by atoms with Crippen molar-refractivity contribution in [3.8, 4) is 0 Å². The highest BCUT2D eigenvalue weighted by atomic mass is 32.1. The Balaban J connectivity index is 1.84. The van der Waals surface area contributed by atoms with Crippen molar-refractivity contribution in [2.24, 2.45) is 5.73 Å². The highest BCUT2D eigenvalue weighted by Gasteiger charge is 2.26. The number of aromatic nitrogens is 2. The minimum atomic E-state index is 0.360. The zero-order valence-corrected chi connectivity index (χ0v) is 11.2. The van der Waals surface area contributed by atoms with E-state index in [9.17, 15) is 0 Å². The molecule has 0 unspecified atom stereocenters. The van der Waals surface area contributed by atoms with Crippen LogP contribution >= 0.6 is 23.6 Å². The molecule has 0 atom stereocenters. The van der Waals surface area contributed by atoms with Gasteiger partial charge in [-0.15, -0.1) is 11.3 Å².